The molecule has 0 rings (SSSR count). The van der Waals surface area contributed by atoms with Crippen molar-refractivity contribution in [2.75, 3.05) is 13.2 Å². The lowest BCUT2D eigenvalue weighted by Gasteiger charge is -2.13. The SMILES string of the molecule is C#CCOC(=O)CCCCCCCCCCCCN(O)C(=N)N. The molecule has 4 N–H and O–H groups in total. The molecule has 6 nitrogen and oxygen atoms in total. The van der Waals surface area contributed by atoms with Gasteiger partial charge in [-0.05, 0) is 12.8 Å². The summed E-state index contributed by atoms with van der Waals surface area (Å²) in [6.45, 7) is 0.503. The van der Waals surface area contributed by atoms with Gasteiger partial charge in [0.15, 0.2) is 6.61 Å². The number of rotatable bonds is 14. The second-order valence-corrected chi connectivity index (χ2v) is 5.66. The lowest BCUT2D eigenvalue weighted by molar-refractivity contribution is -0.142. The standard InChI is InChI=1S/C17H31N3O3/c1-2-15-23-16(21)13-11-9-7-5-3-4-6-8-10-12-14-20(22)17(18)19/h1,22H,3-15H2,(H3,18,19). The number of esters is 1. The minimum absolute atomic E-state index is 0.0733. The van der Waals surface area contributed by atoms with E-state index < -0.39 is 0 Å². The predicted molar refractivity (Wildman–Crippen MR) is 91.0 cm³/mol. The van der Waals surface area contributed by atoms with Crippen LogP contribution in [0.4, 0.5) is 0 Å². The molecule has 0 radical (unpaired) electrons. The maximum atomic E-state index is 11.2. The minimum Gasteiger partial charge on any atom is -0.452 e. The van der Waals surface area contributed by atoms with E-state index in [0.29, 0.717) is 13.0 Å². The van der Waals surface area contributed by atoms with Gasteiger partial charge in [0.1, 0.15) is 0 Å². The van der Waals surface area contributed by atoms with Crippen molar-refractivity contribution in [3.63, 3.8) is 0 Å². The number of ether oxygens (including phenoxy) is 1. The van der Waals surface area contributed by atoms with Gasteiger partial charge in [-0.1, -0.05) is 57.3 Å². The molecule has 0 aliphatic carbocycles. The number of hydrogen-bond acceptors (Lipinski definition) is 4. The Labute approximate surface area is 139 Å². The van der Waals surface area contributed by atoms with Crippen molar-refractivity contribution in [3.05, 3.63) is 0 Å². The number of nitrogens with one attached hydrogen (secondary N) is 1. The molecule has 23 heavy (non-hydrogen) atoms. The molecule has 132 valence electrons. The number of nitrogens with zero attached hydrogens (tertiary/aromatic N) is 1. The number of unbranched alkanes of at least 4 members (excludes halogenated alkanes) is 9. The van der Waals surface area contributed by atoms with E-state index in [9.17, 15) is 10.0 Å². The number of hydrogen-bond donors (Lipinski definition) is 3. The summed E-state index contributed by atoms with van der Waals surface area (Å²) in [5, 5.41) is 17.0. The first kappa shape index (κ1) is 21.3. The molecule has 0 unspecified atom stereocenters. The summed E-state index contributed by atoms with van der Waals surface area (Å²) in [6, 6.07) is 0. The summed E-state index contributed by atoms with van der Waals surface area (Å²) in [6.07, 6.45) is 16.4. The summed E-state index contributed by atoms with van der Waals surface area (Å²) >= 11 is 0. The summed E-state index contributed by atoms with van der Waals surface area (Å²) in [5.41, 5.74) is 5.13. The summed E-state index contributed by atoms with van der Waals surface area (Å²) < 4.78 is 4.80. The Morgan fingerprint density at radius 1 is 1.04 bits per heavy atom. The monoisotopic (exact) mass is 325 g/mol. The molecule has 0 aromatic rings. The van der Waals surface area contributed by atoms with E-state index in [2.05, 4.69) is 5.92 Å². The van der Waals surface area contributed by atoms with Gasteiger partial charge in [-0.2, -0.15) is 0 Å². The third-order valence-corrected chi connectivity index (χ3v) is 3.60. The van der Waals surface area contributed by atoms with E-state index in [1.54, 1.807) is 0 Å². The highest BCUT2D eigenvalue weighted by molar-refractivity contribution is 5.73. The Kier molecular flexibility index (Phi) is 14.0. The van der Waals surface area contributed by atoms with Crippen molar-refractivity contribution < 1.29 is 14.7 Å². The van der Waals surface area contributed by atoms with E-state index in [-0.39, 0.29) is 18.5 Å². The molecule has 0 aliphatic heterocycles. The zero-order valence-electron chi connectivity index (χ0n) is 14.1. The van der Waals surface area contributed by atoms with Crippen LogP contribution in [0.5, 0.6) is 0 Å². The molecule has 0 saturated carbocycles. The summed E-state index contributed by atoms with van der Waals surface area (Å²) in [7, 11) is 0. The van der Waals surface area contributed by atoms with E-state index >= 15 is 0 Å². The molecule has 0 aromatic carbocycles. The third kappa shape index (κ3) is 14.9. The van der Waals surface area contributed by atoms with E-state index in [4.69, 9.17) is 22.3 Å². The first-order valence-corrected chi connectivity index (χ1v) is 8.47. The number of nitrogens with two attached hydrogens (primary N) is 1. The van der Waals surface area contributed by atoms with Crippen LogP contribution in [0.1, 0.15) is 70.6 Å². The fraction of sp³-hybridized carbons (Fsp3) is 0.765. The first-order valence-electron chi connectivity index (χ1n) is 8.47. The third-order valence-electron chi connectivity index (χ3n) is 3.60. The van der Waals surface area contributed by atoms with Crippen LogP contribution >= 0.6 is 0 Å². The van der Waals surface area contributed by atoms with Crippen LogP contribution in [-0.4, -0.2) is 35.4 Å². The van der Waals surface area contributed by atoms with Gasteiger partial charge in [0, 0.05) is 13.0 Å². The molecule has 6 heteroatoms. The van der Waals surface area contributed by atoms with Crippen molar-refractivity contribution in [2.24, 2.45) is 5.73 Å². The smallest absolute Gasteiger partial charge is 0.306 e. The van der Waals surface area contributed by atoms with Gasteiger partial charge in [0.05, 0.1) is 0 Å². The van der Waals surface area contributed by atoms with Crippen LogP contribution in [0.3, 0.4) is 0 Å². The molecule has 0 aliphatic rings. The molecular weight excluding hydrogens is 294 g/mol. The van der Waals surface area contributed by atoms with Gasteiger partial charge in [0.2, 0.25) is 5.96 Å². The van der Waals surface area contributed by atoms with Crippen LogP contribution in [-0.2, 0) is 9.53 Å². The molecule has 0 fully saturated rings. The Morgan fingerprint density at radius 2 is 1.52 bits per heavy atom. The first-order chi connectivity index (χ1) is 11.1. The molecule has 0 amide bonds. The fourth-order valence-electron chi connectivity index (χ4n) is 2.26. The fourth-order valence-corrected chi connectivity index (χ4v) is 2.26. The van der Waals surface area contributed by atoms with Crippen molar-refractivity contribution in [1.29, 1.82) is 5.41 Å². The molecule has 0 bridgehead atoms. The van der Waals surface area contributed by atoms with Gasteiger partial charge in [-0.15, -0.1) is 6.42 Å². The van der Waals surface area contributed by atoms with E-state index in [1.807, 2.05) is 0 Å². The van der Waals surface area contributed by atoms with Gasteiger partial charge in [0.25, 0.3) is 0 Å². The number of guanidine groups is 1. The quantitative estimate of drug-likeness (QED) is 0.114. The van der Waals surface area contributed by atoms with Crippen LogP contribution in [0.15, 0.2) is 0 Å². The van der Waals surface area contributed by atoms with Gasteiger partial charge < -0.3 is 10.5 Å². The molecule has 0 spiro atoms. The molecular formula is C17H31N3O3. The van der Waals surface area contributed by atoms with Crippen LogP contribution in [0.2, 0.25) is 0 Å². The highest BCUT2D eigenvalue weighted by Crippen LogP contribution is 2.11. The second kappa shape index (κ2) is 15.2. The Bertz CT molecular complexity index is 367. The zero-order chi connectivity index (χ0) is 17.3. The lowest BCUT2D eigenvalue weighted by Crippen LogP contribution is -2.34. The average molecular weight is 325 g/mol. The molecule has 0 heterocycles. The Hall–Kier alpha value is -1.74. The lowest BCUT2D eigenvalue weighted by atomic mass is 10.1. The van der Waals surface area contributed by atoms with Gasteiger partial charge in [-0.25, -0.2) is 5.06 Å². The number of carbonyl (C=O) groups is 1. The van der Waals surface area contributed by atoms with Crippen LogP contribution < -0.4 is 5.73 Å². The second-order valence-electron chi connectivity index (χ2n) is 5.66. The number of terminal acetylenes is 1. The van der Waals surface area contributed by atoms with Crippen LogP contribution in [0, 0.1) is 17.8 Å². The van der Waals surface area contributed by atoms with Crippen LogP contribution in [0.25, 0.3) is 0 Å². The van der Waals surface area contributed by atoms with E-state index in [1.165, 1.54) is 25.7 Å². The molecule has 0 atom stereocenters. The summed E-state index contributed by atoms with van der Waals surface area (Å²) in [4.78, 5) is 11.2. The topological polar surface area (TPSA) is 99.6 Å². The maximum Gasteiger partial charge on any atom is 0.306 e. The normalized spacial score (nSPS) is 10.1. The minimum atomic E-state index is -0.297. The summed E-state index contributed by atoms with van der Waals surface area (Å²) in [5.74, 6) is 1.78. The highest BCUT2D eigenvalue weighted by atomic mass is 16.5. The van der Waals surface area contributed by atoms with Crippen molar-refractivity contribution in [3.8, 4) is 12.3 Å². The molecule has 0 saturated heterocycles. The maximum absolute atomic E-state index is 11.2. The Balaban J connectivity index is 3.18. The van der Waals surface area contributed by atoms with Gasteiger partial charge in [-0.3, -0.25) is 15.4 Å². The Morgan fingerprint density at radius 3 is 2.00 bits per heavy atom. The predicted octanol–water partition coefficient (Wildman–Crippen LogP) is 3.04. The largest absolute Gasteiger partial charge is 0.452 e. The average Bonchev–Trinajstić information content (AvgIpc) is 2.53. The van der Waals surface area contributed by atoms with Crippen molar-refractivity contribution in [2.45, 2.75) is 70.6 Å². The van der Waals surface area contributed by atoms with Gasteiger partial charge >= 0.3 is 5.97 Å². The van der Waals surface area contributed by atoms with Crippen molar-refractivity contribution in [1.82, 2.24) is 5.06 Å². The molecule has 0 aromatic heterocycles. The highest BCUT2D eigenvalue weighted by Gasteiger charge is 2.02. The van der Waals surface area contributed by atoms with Crippen molar-refractivity contribution >= 4 is 11.9 Å². The zero-order valence-corrected chi connectivity index (χ0v) is 14.1. The number of carbonyl (C=O) groups excluding carboxylic acids is 1. The van der Waals surface area contributed by atoms with E-state index in [0.717, 1.165) is 43.6 Å². The number of hydroxylamine groups is 2.